The van der Waals surface area contributed by atoms with Crippen LogP contribution in [0.15, 0.2) is 115 Å². The lowest BCUT2D eigenvalue weighted by atomic mass is 9.87. The molecular weight excluding hydrogens is 644 g/mol. The molecule has 0 bridgehead atoms. The van der Waals surface area contributed by atoms with E-state index in [1.54, 1.807) is 60.7 Å². The van der Waals surface area contributed by atoms with Crippen molar-refractivity contribution in [1.82, 2.24) is 0 Å². The minimum atomic E-state index is -0.666. The number of carbonyl (C=O) groups excluding carboxylic acids is 1. The molecule has 0 saturated carbocycles. The molecule has 1 aliphatic heterocycles. The Morgan fingerprint density at radius 2 is 1.00 bits per heavy atom. The fourth-order valence-corrected chi connectivity index (χ4v) is 6.76. The van der Waals surface area contributed by atoms with Crippen LogP contribution in [0.4, 0.5) is 0 Å². The van der Waals surface area contributed by atoms with Crippen molar-refractivity contribution >= 4 is 5.78 Å². The van der Waals surface area contributed by atoms with Crippen molar-refractivity contribution < 1.29 is 40.2 Å². The largest absolute Gasteiger partial charge is 0.508 e. The first-order valence-corrected chi connectivity index (χ1v) is 16.7. The fourth-order valence-electron chi connectivity index (χ4n) is 6.76. The highest BCUT2D eigenvalue weighted by Gasteiger charge is 2.36. The van der Waals surface area contributed by atoms with Crippen molar-refractivity contribution in [3.05, 3.63) is 171 Å². The third kappa shape index (κ3) is 6.76. The molecule has 0 fully saturated rings. The normalized spacial score (nSPS) is 13.8. The second kappa shape index (κ2) is 13.8. The lowest BCUT2D eigenvalue weighted by Crippen LogP contribution is -2.22. The quantitative estimate of drug-likeness (QED) is 0.0901. The van der Waals surface area contributed by atoms with Gasteiger partial charge in [-0.25, -0.2) is 0 Å². The van der Waals surface area contributed by atoms with Gasteiger partial charge in [0.2, 0.25) is 0 Å². The number of Topliss-reactive ketones (excluding diaryl/α,β-unsaturated/α-hetero) is 1. The first kappa shape index (κ1) is 33.1. The number of phenols is 6. The molecule has 0 amide bonds. The van der Waals surface area contributed by atoms with Crippen molar-refractivity contribution in [3.8, 4) is 40.2 Å². The van der Waals surface area contributed by atoms with Crippen LogP contribution in [0.3, 0.4) is 0 Å². The smallest absolute Gasteiger partial charge is 0.174 e. The molecule has 0 aromatic heterocycles. The van der Waals surface area contributed by atoms with Crippen molar-refractivity contribution in [2.45, 2.75) is 38.2 Å². The van der Waals surface area contributed by atoms with Crippen LogP contribution in [-0.2, 0) is 25.7 Å². The number of phenolic OH excluding ortho intramolecular Hbond substituents is 6. The molecule has 51 heavy (non-hydrogen) atoms. The topological polar surface area (TPSA) is 148 Å². The summed E-state index contributed by atoms with van der Waals surface area (Å²) in [6, 6.07) is 33.2. The van der Waals surface area contributed by atoms with Gasteiger partial charge in [0.25, 0.3) is 0 Å². The van der Waals surface area contributed by atoms with Gasteiger partial charge in [-0.2, -0.15) is 0 Å². The number of fused-ring (bicyclic) bond motifs is 1. The second-order valence-electron chi connectivity index (χ2n) is 12.9. The summed E-state index contributed by atoms with van der Waals surface area (Å²) in [5.74, 6) is -0.835. The number of hydrogen-bond donors (Lipinski definition) is 6. The highest BCUT2D eigenvalue weighted by Crippen LogP contribution is 2.50. The van der Waals surface area contributed by atoms with Gasteiger partial charge >= 0.3 is 0 Å². The van der Waals surface area contributed by atoms with Crippen LogP contribution in [-0.4, -0.2) is 36.4 Å². The lowest BCUT2D eigenvalue weighted by Gasteiger charge is -2.30. The number of carbonyl (C=O) groups is 1. The second-order valence-corrected chi connectivity index (χ2v) is 12.9. The predicted octanol–water partition coefficient (Wildman–Crippen LogP) is 7.99. The summed E-state index contributed by atoms with van der Waals surface area (Å²) >= 11 is 0. The molecule has 1 aliphatic rings. The molecule has 0 spiro atoms. The number of benzene rings is 6. The van der Waals surface area contributed by atoms with E-state index in [1.165, 1.54) is 6.07 Å². The fraction of sp³-hybridized carbons (Fsp3) is 0.140. The standard InChI is InChI=1S/C43H36O8/c44-34-12-6-4-10-28(34)18-25-14-16-36(46)30(19-25)20-26-15-17-37(47)31(21-26)23-33-41(49)32(22-29-11-5-7-13-35(29)45)42(50)40-38(48)24-39(51-43(33)40)27-8-2-1-3-9-27/h1-17,19,21,39,44-47,49-50H,18,20,22-24H2/t39-/m0/s1. The van der Waals surface area contributed by atoms with Gasteiger partial charge in [0, 0.05) is 36.8 Å². The maximum absolute atomic E-state index is 13.7. The number of ketones is 1. The molecule has 6 aromatic carbocycles. The Kier molecular flexibility index (Phi) is 8.98. The van der Waals surface area contributed by atoms with Gasteiger partial charge in [-0.1, -0.05) is 91.0 Å². The Morgan fingerprint density at radius 3 is 1.61 bits per heavy atom. The van der Waals surface area contributed by atoms with Crippen molar-refractivity contribution in [2.75, 3.05) is 0 Å². The van der Waals surface area contributed by atoms with E-state index < -0.39 is 11.9 Å². The van der Waals surface area contributed by atoms with Crippen LogP contribution in [0.1, 0.15) is 73.0 Å². The summed E-state index contributed by atoms with van der Waals surface area (Å²) in [5, 5.41) is 65.9. The molecule has 6 N–H and O–H groups in total. The van der Waals surface area contributed by atoms with E-state index in [0.717, 1.165) is 22.3 Å². The zero-order chi connectivity index (χ0) is 35.6. The number of para-hydroxylation sites is 2. The summed E-state index contributed by atoms with van der Waals surface area (Å²) in [6.07, 6.45) is -0.0358. The van der Waals surface area contributed by atoms with Crippen LogP contribution in [0.2, 0.25) is 0 Å². The minimum absolute atomic E-state index is 0.0273. The van der Waals surface area contributed by atoms with Gasteiger partial charge in [-0.3, -0.25) is 4.79 Å². The Balaban J connectivity index is 1.27. The highest BCUT2D eigenvalue weighted by molar-refractivity contribution is 6.04. The van der Waals surface area contributed by atoms with Crippen LogP contribution in [0.5, 0.6) is 40.2 Å². The van der Waals surface area contributed by atoms with Crippen molar-refractivity contribution in [3.63, 3.8) is 0 Å². The van der Waals surface area contributed by atoms with Gasteiger partial charge < -0.3 is 35.4 Å². The Labute approximate surface area is 294 Å². The van der Waals surface area contributed by atoms with Crippen LogP contribution in [0.25, 0.3) is 0 Å². The van der Waals surface area contributed by atoms with Crippen molar-refractivity contribution in [2.24, 2.45) is 0 Å². The average molecular weight is 681 g/mol. The molecule has 0 aliphatic carbocycles. The summed E-state index contributed by atoms with van der Waals surface area (Å²) in [7, 11) is 0. The summed E-state index contributed by atoms with van der Waals surface area (Å²) < 4.78 is 6.41. The average Bonchev–Trinajstić information content (AvgIpc) is 3.13. The van der Waals surface area contributed by atoms with Gasteiger partial charge in [0.15, 0.2) is 5.78 Å². The minimum Gasteiger partial charge on any atom is -0.508 e. The summed E-state index contributed by atoms with van der Waals surface area (Å²) in [4.78, 5) is 13.7. The number of aromatic hydroxyl groups is 6. The monoisotopic (exact) mass is 680 g/mol. The van der Waals surface area contributed by atoms with Crippen LogP contribution in [0, 0.1) is 0 Å². The van der Waals surface area contributed by atoms with E-state index in [1.807, 2.05) is 48.5 Å². The Morgan fingerprint density at radius 1 is 0.510 bits per heavy atom. The third-order valence-corrected chi connectivity index (χ3v) is 9.47. The number of rotatable bonds is 9. The maximum atomic E-state index is 13.7. The first-order valence-electron chi connectivity index (χ1n) is 16.7. The highest BCUT2D eigenvalue weighted by atomic mass is 16.5. The van der Waals surface area contributed by atoms with E-state index in [2.05, 4.69) is 0 Å². The van der Waals surface area contributed by atoms with E-state index in [4.69, 9.17) is 4.74 Å². The summed E-state index contributed by atoms with van der Waals surface area (Å²) in [6.45, 7) is 0. The van der Waals surface area contributed by atoms with Gasteiger partial charge in [0.05, 0.1) is 6.42 Å². The maximum Gasteiger partial charge on any atom is 0.174 e. The molecule has 0 saturated heterocycles. The lowest BCUT2D eigenvalue weighted by molar-refractivity contribution is 0.0842. The molecule has 0 radical (unpaired) electrons. The van der Waals surface area contributed by atoms with Gasteiger partial charge in [-0.05, 0) is 63.2 Å². The van der Waals surface area contributed by atoms with Crippen LogP contribution < -0.4 is 4.74 Å². The molecular formula is C43H36O8. The SMILES string of the molecule is O=C1C[C@@H](c2ccccc2)Oc2c(Cc3cc(Cc4cc(Cc5ccccc5O)ccc4O)ccc3O)c(O)c(Cc3ccccc3O)c(O)c21. The first-order chi connectivity index (χ1) is 24.7. The summed E-state index contributed by atoms with van der Waals surface area (Å²) in [5.41, 5.74) is 4.90. The zero-order valence-corrected chi connectivity index (χ0v) is 27.6. The molecule has 8 heteroatoms. The van der Waals surface area contributed by atoms with Crippen molar-refractivity contribution in [1.29, 1.82) is 0 Å². The number of ether oxygens (including phenoxy) is 1. The Bertz CT molecular complexity index is 2260. The molecule has 1 atom stereocenters. The molecule has 7 rings (SSSR count). The molecule has 8 nitrogen and oxygen atoms in total. The zero-order valence-electron chi connectivity index (χ0n) is 27.6. The van der Waals surface area contributed by atoms with E-state index in [9.17, 15) is 35.4 Å². The van der Waals surface area contributed by atoms with Gasteiger partial charge in [0.1, 0.15) is 51.9 Å². The number of hydrogen-bond acceptors (Lipinski definition) is 8. The molecule has 1 heterocycles. The predicted molar refractivity (Wildman–Crippen MR) is 192 cm³/mol. The molecule has 6 aromatic rings. The van der Waals surface area contributed by atoms with E-state index in [-0.39, 0.29) is 76.2 Å². The van der Waals surface area contributed by atoms with Crippen LogP contribution >= 0.6 is 0 Å². The van der Waals surface area contributed by atoms with E-state index >= 15 is 0 Å². The molecule has 256 valence electrons. The Hall–Kier alpha value is -6.41. The van der Waals surface area contributed by atoms with E-state index in [0.29, 0.717) is 29.5 Å². The third-order valence-electron chi connectivity index (χ3n) is 9.47. The van der Waals surface area contributed by atoms with Gasteiger partial charge in [-0.15, -0.1) is 0 Å². The molecule has 0 unspecified atom stereocenters.